The van der Waals surface area contributed by atoms with E-state index < -0.39 is 21.8 Å². The number of carbonyl (C=O) groups is 3. The van der Waals surface area contributed by atoms with E-state index in [1.807, 2.05) is 13.8 Å². The highest BCUT2D eigenvalue weighted by molar-refractivity contribution is 7.89. The number of carbonyl (C=O) groups excluding carboxylic acids is 3. The van der Waals surface area contributed by atoms with Gasteiger partial charge in [0.2, 0.25) is 15.9 Å². The minimum Gasteiger partial charge on any atom is -0.336 e. The van der Waals surface area contributed by atoms with E-state index in [1.54, 1.807) is 35.4 Å². The minimum absolute atomic E-state index is 0.0641. The van der Waals surface area contributed by atoms with Crippen LogP contribution >= 0.6 is 0 Å². The van der Waals surface area contributed by atoms with Crippen molar-refractivity contribution in [2.24, 2.45) is 0 Å². The lowest BCUT2D eigenvalue weighted by Crippen LogP contribution is -2.44. The number of aromatic nitrogens is 1. The number of hydrogen-bond acceptors (Lipinski definition) is 6. The van der Waals surface area contributed by atoms with Crippen molar-refractivity contribution in [3.63, 3.8) is 0 Å². The molecular weight excluding hydrogens is 444 g/mol. The first-order chi connectivity index (χ1) is 15.7. The third kappa shape index (κ3) is 4.53. The molecule has 0 aliphatic carbocycles. The highest BCUT2D eigenvalue weighted by atomic mass is 32.2. The number of nitrogens with zero attached hydrogens (tertiary/aromatic N) is 3. The number of pyridine rings is 1. The Kier molecular flexibility index (Phi) is 6.31. The summed E-state index contributed by atoms with van der Waals surface area (Å²) in [4.78, 5) is 45.1. The van der Waals surface area contributed by atoms with Crippen molar-refractivity contribution in [1.29, 1.82) is 0 Å². The summed E-state index contributed by atoms with van der Waals surface area (Å²) in [7, 11) is -3.36. The zero-order chi connectivity index (χ0) is 23.8. The Morgan fingerprint density at radius 3 is 2.45 bits per heavy atom. The monoisotopic (exact) mass is 470 g/mol. The summed E-state index contributed by atoms with van der Waals surface area (Å²) in [5.41, 5.74) is 4.04. The molecule has 0 bridgehead atoms. The summed E-state index contributed by atoms with van der Waals surface area (Å²) in [6.45, 7) is 4.19. The van der Waals surface area contributed by atoms with Crippen molar-refractivity contribution in [2.45, 2.75) is 39.8 Å². The first-order valence-corrected chi connectivity index (χ1v) is 12.5. The van der Waals surface area contributed by atoms with Crippen LogP contribution in [0, 0.1) is 6.92 Å². The average molecular weight is 471 g/mol. The van der Waals surface area contributed by atoms with Crippen LogP contribution in [0.4, 0.5) is 0 Å². The van der Waals surface area contributed by atoms with Gasteiger partial charge in [0.25, 0.3) is 11.8 Å². The third-order valence-corrected chi connectivity index (χ3v) is 7.59. The summed E-state index contributed by atoms with van der Waals surface area (Å²) in [5.74, 6) is -1.17. The predicted octanol–water partition coefficient (Wildman–Crippen LogP) is 1.40. The van der Waals surface area contributed by atoms with E-state index in [0.29, 0.717) is 37.1 Å². The molecule has 0 fully saturated rings. The third-order valence-electron chi connectivity index (χ3n) is 6.06. The van der Waals surface area contributed by atoms with E-state index in [1.165, 1.54) is 0 Å². The Labute approximate surface area is 192 Å². The van der Waals surface area contributed by atoms with Gasteiger partial charge >= 0.3 is 0 Å². The maximum absolute atomic E-state index is 13.0. The molecule has 0 spiro atoms. The molecule has 2 aromatic rings. The molecule has 4 rings (SSSR count). The Morgan fingerprint density at radius 2 is 1.82 bits per heavy atom. The van der Waals surface area contributed by atoms with E-state index in [0.717, 1.165) is 27.3 Å². The van der Waals surface area contributed by atoms with Gasteiger partial charge in [-0.2, -0.15) is 0 Å². The number of hydrogen-bond donors (Lipinski definition) is 1. The first kappa shape index (κ1) is 23.1. The smallest absolute Gasteiger partial charge is 0.262 e. The molecule has 174 valence electrons. The van der Waals surface area contributed by atoms with E-state index >= 15 is 0 Å². The first-order valence-electron chi connectivity index (χ1n) is 10.9. The Morgan fingerprint density at radius 1 is 1.15 bits per heavy atom. The molecule has 0 saturated carbocycles. The molecule has 0 atom stereocenters. The topological polar surface area (TPSA) is 117 Å². The second-order valence-electron chi connectivity index (χ2n) is 8.27. The molecule has 0 radical (unpaired) electrons. The second kappa shape index (κ2) is 9.03. The van der Waals surface area contributed by atoms with Gasteiger partial charge in [-0.15, -0.1) is 0 Å². The summed E-state index contributed by atoms with van der Waals surface area (Å²) >= 11 is 0. The summed E-state index contributed by atoms with van der Waals surface area (Å²) < 4.78 is 26.8. The standard InChI is InChI=1S/C23H26N4O5S/c1-3-10-33(31,32)25-12-20-15(2)24-11-16-13-26(9-8-17(16)20)21(28)14-27-22(29)18-6-4-5-7-19(18)23(27)30/h4-7,11,25H,3,8-10,12-14H2,1-2H3. The van der Waals surface area contributed by atoms with Crippen molar-refractivity contribution in [3.8, 4) is 0 Å². The highest BCUT2D eigenvalue weighted by Gasteiger charge is 2.37. The van der Waals surface area contributed by atoms with Gasteiger partial charge in [-0.25, -0.2) is 13.1 Å². The van der Waals surface area contributed by atoms with Crippen molar-refractivity contribution in [3.05, 3.63) is 64.0 Å². The van der Waals surface area contributed by atoms with E-state index in [2.05, 4.69) is 9.71 Å². The zero-order valence-corrected chi connectivity index (χ0v) is 19.4. The number of nitrogens with one attached hydrogen (secondary N) is 1. The van der Waals surface area contributed by atoms with Crippen molar-refractivity contribution in [2.75, 3.05) is 18.8 Å². The van der Waals surface area contributed by atoms with Gasteiger partial charge in [0, 0.05) is 31.5 Å². The number of amides is 3. The lowest BCUT2D eigenvalue weighted by molar-refractivity contribution is -0.132. The number of imide groups is 1. The predicted molar refractivity (Wildman–Crippen MR) is 121 cm³/mol. The second-order valence-corrected chi connectivity index (χ2v) is 10.2. The zero-order valence-electron chi connectivity index (χ0n) is 18.6. The van der Waals surface area contributed by atoms with Gasteiger partial charge < -0.3 is 4.90 Å². The molecule has 10 heteroatoms. The van der Waals surface area contributed by atoms with Gasteiger partial charge in [-0.3, -0.25) is 24.3 Å². The van der Waals surface area contributed by atoms with Crippen LogP contribution in [0.5, 0.6) is 0 Å². The van der Waals surface area contributed by atoms with E-state index in [9.17, 15) is 22.8 Å². The normalized spacial score (nSPS) is 15.6. The lowest BCUT2D eigenvalue weighted by atomic mass is 9.95. The Hall–Kier alpha value is -3.11. The highest BCUT2D eigenvalue weighted by Crippen LogP contribution is 2.26. The van der Waals surface area contributed by atoms with Gasteiger partial charge in [-0.1, -0.05) is 19.1 Å². The molecule has 1 aromatic carbocycles. The molecule has 9 nitrogen and oxygen atoms in total. The molecule has 3 amide bonds. The lowest BCUT2D eigenvalue weighted by Gasteiger charge is -2.31. The molecule has 0 saturated heterocycles. The van der Waals surface area contributed by atoms with Crippen molar-refractivity contribution >= 4 is 27.7 Å². The van der Waals surface area contributed by atoms with Crippen LogP contribution in [0.25, 0.3) is 0 Å². The van der Waals surface area contributed by atoms with Crippen LogP contribution in [-0.4, -0.2) is 59.8 Å². The van der Waals surface area contributed by atoms with Gasteiger partial charge in [0.15, 0.2) is 0 Å². The van der Waals surface area contributed by atoms with Crippen LogP contribution in [-0.2, 0) is 34.3 Å². The number of aryl methyl sites for hydroxylation is 1. The quantitative estimate of drug-likeness (QED) is 0.612. The van der Waals surface area contributed by atoms with Gasteiger partial charge in [0.1, 0.15) is 6.54 Å². The number of rotatable bonds is 7. The van der Waals surface area contributed by atoms with Crippen molar-refractivity contribution < 1.29 is 22.8 Å². The maximum Gasteiger partial charge on any atom is 0.262 e. The van der Waals surface area contributed by atoms with Crippen LogP contribution in [0.2, 0.25) is 0 Å². The van der Waals surface area contributed by atoms with Gasteiger partial charge in [-0.05, 0) is 48.6 Å². The summed E-state index contributed by atoms with van der Waals surface area (Å²) in [5, 5.41) is 0. The molecule has 1 N–H and O–H groups in total. The van der Waals surface area contributed by atoms with Crippen LogP contribution in [0.3, 0.4) is 0 Å². The fraction of sp³-hybridized carbons (Fsp3) is 0.391. The molecule has 33 heavy (non-hydrogen) atoms. The molecule has 0 unspecified atom stereocenters. The average Bonchev–Trinajstić information content (AvgIpc) is 3.03. The maximum atomic E-state index is 13.0. The molecular formula is C23H26N4O5S. The fourth-order valence-corrected chi connectivity index (χ4v) is 5.36. The molecule has 1 aromatic heterocycles. The Bertz CT molecular complexity index is 1210. The largest absolute Gasteiger partial charge is 0.336 e. The van der Waals surface area contributed by atoms with Crippen LogP contribution in [0.15, 0.2) is 30.5 Å². The van der Waals surface area contributed by atoms with Gasteiger partial charge in [0.05, 0.1) is 16.9 Å². The SMILES string of the molecule is CCCS(=O)(=O)NCc1c(C)ncc2c1CCN(C(=O)CN1C(=O)c3ccccc3C1=O)C2. The molecule has 2 aliphatic rings. The number of fused-ring (bicyclic) bond motifs is 2. The van der Waals surface area contributed by atoms with Crippen LogP contribution < -0.4 is 4.72 Å². The minimum atomic E-state index is -3.36. The van der Waals surface area contributed by atoms with Crippen LogP contribution in [0.1, 0.15) is 56.4 Å². The summed E-state index contributed by atoms with van der Waals surface area (Å²) in [6.07, 6.45) is 2.77. The number of benzene rings is 1. The molecule has 3 heterocycles. The van der Waals surface area contributed by atoms with E-state index in [-0.39, 0.29) is 24.7 Å². The Balaban J connectivity index is 1.47. The molecule has 2 aliphatic heterocycles. The fourth-order valence-electron chi connectivity index (χ4n) is 4.31. The van der Waals surface area contributed by atoms with Crippen molar-refractivity contribution in [1.82, 2.24) is 19.5 Å². The van der Waals surface area contributed by atoms with E-state index in [4.69, 9.17) is 0 Å². The summed E-state index contributed by atoms with van der Waals surface area (Å²) in [6, 6.07) is 6.54. The number of sulfonamides is 1.